The Labute approximate surface area is 154 Å². The van der Waals surface area contributed by atoms with Crippen molar-refractivity contribution < 1.29 is 9.53 Å². The van der Waals surface area contributed by atoms with Crippen LogP contribution in [0.5, 0.6) is 0 Å². The average Bonchev–Trinajstić information content (AvgIpc) is 2.97. The van der Waals surface area contributed by atoms with Crippen molar-refractivity contribution in [3.8, 4) is 0 Å². The highest BCUT2D eigenvalue weighted by molar-refractivity contribution is 5.93. The van der Waals surface area contributed by atoms with Gasteiger partial charge in [0.25, 0.3) is 0 Å². The first-order valence-electron chi connectivity index (χ1n) is 9.71. The van der Waals surface area contributed by atoms with Gasteiger partial charge in [0.05, 0.1) is 18.3 Å². The topological polar surface area (TPSA) is 56.1 Å². The van der Waals surface area contributed by atoms with E-state index in [0.717, 1.165) is 43.5 Å². The van der Waals surface area contributed by atoms with Crippen molar-refractivity contribution in [1.82, 2.24) is 9.78 Å². The van der Waals surface area contributed by atoms with Crippen molar-refractivity contribution in [3.05, 3.63) is 47.2 Å². The number of nitrogens with zero attached hydrogens (tertiary/aromatic N) is 2. The fourth-order valence-electron chi connectivity index (χ4n) is 4.19. The maximum Gasteiger partial charge on any atom is 0.228 e. The van der Waals surface area contributed by atoms with Gasteiger partial charge in [0.2, 0.25) is 5.91 Å². The molecule has 0 bridgehead atoms. The normalized spacial score (nSPS) is 24.6. The molecule has 4 rings (SSSR count). The molecule has 5 heteroatoms. The van der Waals surface area contributed by atoms with Gasteiger partial charge < -0.3 is 10.1 Å². The van der Waals surface area contributed by atoms with E-state index in [1.807, 2.05) is 24.7 Å². The number of ether oxygens (including phenoxy) is 1. The van der Waals surface area contributed by atoms with Crippen molar-refractivity contribution in [2.24, 2.45) is 5.92 Å². The Balaban J connectivity index is 1.53. The molecule has 0 aliphatic heterocycles. The average molecular weight is 353 g/mol. The number of benzene rings is 1. The van der Waals surface area contributed by atoms with Gasteiger partial charge >= 0.3 is 0 Å². The molecular formula is C21H27N3O2. The van der Waals surface area contributed by atoms with E-state index < -0.39 is 0 Å². The Morgan fingerprint density at radius 3 is 2.96 bits per heavy atom. The lowest BCUT2D eigenvalue weighted by atomic mass is 9.81. The van der Waals surface area contributed by atoms with Crippen LogP contribution in [-0.4, -0.2) is 28.4 Å². The molecule has 1 aromatic heterocycles. The number of fused-ring (bicyclic) bond motifs is 1. The first kappa shape index (κ1) is 17.3. The van der Waals surface area contributed by atoms with E-state index in [1.165, 1.54) is 11.1 Å². The predicted octanol–water partition coefficient (Wildman–Crippen LogP) is 3.87. The van der Waals surface area contributed by atoms with Gasteiger partial charge in [0.1, 0.15) is 5.82 Å². The number of nitrogens with one attached hydrogen (secondary N) is 1. The van der Waals surface area contributed by atoms with Crippen LogP contribution < -0.4 is 5.32 Å². The van der Waals surface area contributed by atoms with Crippen molar-refractivity contribution in [1.29, 1.82) is 0 Å². The third-order valence-corrected chi connectivity index (χ3v) is 5.72. The maximum atomic E-state index is 12.7. The smallest absolute Gasteiger partial charge is 0.228 e. The summed E-state index contributed by atoms with van der Waals surface area (Å²) in [5.74, 6) is 0.986. The van der Waals surface area contributed by atoms with Gasteiger partial charge in [0.15, 0.2) is 0 Å². The lowest BCUT2D eigenvalue weighted by Gasteiger charge is -2.34. The van der Waals surface area contributed by atoms with Crippen LogP contribution in [0.3, 0.4) is 0 Å². The van der Waals surface area contributed by atoms with E-state index in [2.05, 4.69) is 34.7 Å². The second-order valence-electron chi connectivity index (χ2n) is 7.46. The molecule has 2 aromatic rings. The number of carbonyl (C=O) groups excluding carboxylic acids is 1. The SMILES string of the molecule is CCOC1CC(C(=O)Nc2c(C)cnn2C2CCCc3ccccc32)C1. The van der Waals surface area contributed by atoms with E-state index in [-0.39, 0.29) is 24.0 Å². The van der Waals surface area contributed by atoms with Crippen LogP contribution >= 0.6 is 0 Å². The van der Waals surface area contributed by atoms with Gasteiger partial charge in [-0.2, -0.15) is 5.10 Å². The zero-order valence-corrected chi connectivity index (χ0v) is 15.6. The van der Waals surface area contributed by atoms with Crippen molar-refractivity contribution in [2.75, 3.05) is 11.9 Å². The summed E-state index contributed by atoms with van der Waals surface area (Å²) in [4.78, 5) is 12.7. The van der Waals surface area contributed by atoms with Crippen LogP contribution in [0.15, 0.2) is 30.5 Å². The molecule has 1 fully saturated rings. The minimum atomic E-state index is 0.0490. The fraction of sp³-hybridized carbons (Fsp3) is 0.524. The summed E-state index contributed by atoms with van der Waals surface area (Å²) in [6, 6.07) is 8.79. The predicted molar refractivity (Wildman–Crippen MR) is 101 cm³/mol. The van der Waals surface area contributed by atoms with Crippen LogP contribution in [0.4, 0.5) is 5.82 Å². The highest BCUT2D eigenvalue weighted by Crippen LogP contribution is 2.36. The molecule has 138 valence electrons. The molecule has 0 spiro atoms. The molecule has 26 heavy (non-hydrogen) atoms. The van der Waals surface area contributed by atoms with Gasteiger partial charge in [0, 0.05) is 18.1 Å². The number of anilines is 1. The summed E-state index contributed by atoms with van der Waals surface area (Å²) < 4.78 is 7.60. The Morgan fingerprint density at radius 2 is 2.15 bits per heavy atom. The molecular weight excluding hydrogens is 326 g/mol. The van der Waals surface area contributed by atoms with Crippen LogP contribution in [0, 0.1) is 12.8 Å². The third kappa shape index (κ3) is 3.16. The Morgan fingerprint density at radius 1 is 1.35 bits per heavy atom. The van der Waals surface area contributed by atoms with Gasteiger partial charge in [-0.3, -0.25) is 4.79 Å². The van der Waals surface area contributed by atoms with Gasteiger partial charge in [-0.05, 0) is 57.1 Å². The highest BCUT2D eigenvalue weighted by atomic mass is 16.5. The molecule has 1 aromatic carbocycles. The van der Waals surface area contributed by atoms with E-state index in [0.29, 0.717) is 6.61 Å². The van der Waals surface area contributed by atoms with E-state index in [9.17, 15) is 4.79 Å². The largest absolute Gasteiger partial charge is 0.378 e. The minimum Gasteiger partial charge on any atom is -0.378 e. The summed E-state index contributed by atoms with van der Waals surface area (Å²) in [7, 11) is 0. The molecule has 1 heterocycles. The molecule has 1 amide bonds. The number of aromatic nitrogens is 2. The number of hydrogen-bond acceptors (Lipinski definition) is 3. The monoisotopic (exact) mass is 353 g/mol. The molecule has 1 atom stereocenters. The molecule has 1 N–H and O–H groups in total. The molecule has 2 aliphatic carbocycles. The zero-order chi connectivity index (χ0) is 18.1. The standard InChI is InChI=1S/C21H27N3O2/c1-3-26-17-11-16(12-17)21(25)23-20-14(2)13-22-24(20)19-10-6-8-15-7-4-5-9-18(15)19/h4-5,7,9,13,16-17,19H,3,6,8,10-12H2,1-2H3,(H,23,25). The van der Waals surface area contributed by atoms with Crippen LogP contribution in [0.1, 0.15) is 55.3 Å². The zero-order valence-electron chi connectivity index (χ0n) is 15.6. The lowest BCUT2D eigenvalue weighted by Crippen LogP contribution is -2.39. The van der Waals surface area contributed by atoms with Gasteiger partial charge in [-0.25, -0.2) is 4.68 Å². The quantitative estimate of drug-likeness (QED) is 0.888. The molecule has 2 aliphatic rings. The molecule has 0 saturated heterocycles. The minimum absolute atomic E-state index is 0.0490. The summed E-state index contributed by atoms with van der Waals surface area (Å²) in [5.41, 5.74) is 3.74. The Hall–Kier alpha value is -2.14. The van der Waals surface area contributed by atoms with Crippen LogP contribution in [0.2, 0.25) is 0 Å². The summed E-state index contributed by atoms with van der Waals surface area (Å²) >= 11 is 0. The molecule has 1 unspecified atom stereocenters. The first-order valence-corrected chi connectivity index (χ1v) is 9.71. The van der Waals surface area contributed by atoms with Crippen LogP contribution in [-0.2, 0) is 16.0 Å². The fourth-order valence-corrected chi connectivity index (χ4v) is 4.19. The van der Waals surface area contributed by atoms with E-state index >= 15 is 0 Å². The number of hydrogen-bond donors (Lipinski definition) is 1. The number of carbonyl (C=O) groups is 1. The van der Waals surface area contributed by atoms with Gasteiger partial charge in [-0.15, -0.1) is 0 Å². The molecule has 5 nitrogen and oxygen atoms in total. The Kier molecular flexibility index (Phi) is 4.81. The van der Waals surface area contributed by atoms with Crippen molar-refractivity contribution in [2.45, 2.75) is 58.1 Å². The highest BCUT2D eigenvalue weighted by Gasteiger charge is 2.36. The van der Waals surface area contributed by atoms with Crippen molar-refractivity contribution >= 4 is 11.7 Å². The van der Waals surface area contributed by atoms with Crippen molar-refractivity contribution in [3.63, 3.8) is 0 Å². The lowest BCUT2D eigenvalue weighted by molar-refractivity contribution is -0.128. The number of rotatable bonds is 5. The molecule has 1 saturated carbocycles. The summed E-state index contributed by atoms with van der Waals surface area (Å²) in [6.07, 6.45) is 7.06. The number of amides is 1. The second kappa shape index (κ2) is 7.23. The van der Waals surface area contributed by atoms with E-state index in [1.54, 1.807) is 0 Å². The number of aryl methyl sites for hydroxylation is 2. The third-order valence-electron chi connectivity index (χ3n) is 5.72. The first-order chi connectivity index (χ1) is 12.7. The van der Waals surface area contributed by atoms with E-state index in [4.69, 9.17) is 4.74 Å². The second-order valence-corrected chi connectivity index (χ2v) is 7.46. The molecule has 0 radical (unpaired) electrons. The van der Waals surface area contributed by atoms with Gasteiger partial charge in [-0.1, -0.05) is 24.3 Å². The summed E-state index contributed by atoms with van der Waals surface area (Å²) in [6.45, 7) is 4.72. The van der Waals surface area contributed by atoms with Crippen LogP contribution in [0.25, 0.3) is 0 Å². The maximum absolute atomic E-state index is 12.7. The summed E-state index contributed by atoms with van der Waals surface area (Å²) in [5, 5.41) is 7.77. The Bertz CT molecular complexity index is 792.